The third kappa shape index (κ3) is 5.65. The van der Waals surface area contributed by atoms with E-state index in [-0.39, 0.29) is 5.82 Å². The van der Waals surface area contributed by atoms with E-state index in [2.05, 4.69) is 20.3 Å². The lowest BCUT2D eigenvalue weighted by Gasteiger charge is -2.19. The van der Waals surface area contributed by atoms with Crippen LogP contribution < -0.4 is 21.5 Å². The number of nitrogens with one attached hydrogen (secondary N) is 1. The summed E-state index contributed by atoms with van der Waals surface area (Å²) >= 11 is 0. The lowest BCUT2D eigenvalue weighted by molar-refractivity contribution is -0.0501. The molecular formula is C27H33N7O5. The standard InChI is InChI=1S/C27H33N7O5/c28-10-1-2-11-38-19-5-3-4-18(12-19)17-8-6-16(7-9-17)13-30-27-33-21-24(29)31-15-32-25(21)34(27)26-23(37)22(36)20(14-35)39-26/h3-9,12,15,20,22-23,26,35-37H,1-2,10-11,13-14,28H2,(H,30,33)(H2,29,31,32)/t20-,22-,23-,26-/m1/s1. The number of fused-ring (bicyclic) bond motifs is 1. The molecule has 2 aromatic heterocycles. The molecule has 1 aliphatic heterocycles. The fourth-order valence-corrected chi connectivity index (χ4v) is 4.58. The van der Waals surface area contributed by atoms with Crippen molar-refractivity contribution >= 4 is 22.9 Å². The zero-order valence-corrected chi connectivity index (χ0v) is 21.3. The maximum absolute atomic E-state index is 10.6. The lowest BCUT2D eigenvalue weighted by atomic mass is 10.0. The molecule has 0 radical (unpaired) electrons. The van der Waals surface area contributed by atoms with E-state index in [4.69, 9.17) is 20.9 Å². The highest BCUT2D eigenvalue weighted by Gasteiger charge is 2.45. The Kier molecular flexibility index (Phi) is 8.19. The number of hydrogen-bond donors (Lipinski definition) is 6. The van der Waals surface area contributed by atoms with Gasteiger partial charge in [-0.2, -0.15) is 0 Å². The van der Waals surface area contributed by atoms with Gasteiger partial charge in [-0.15, -0.1) is 0 Å². The van der Waals surface area contributed by atoms with Gasteiger partial charge in [-0.05, 0) is 48.2 Å². The number of nitrogen functional groups attached to an aromatic ring is 1. The molecule has 0 bridgehead atoms. The van der Waals surface area contributed by atoms with Crippen LogP contribution in [0.15, 0.2) is 54.9 Å². The highest BCUT2D eigenvalue weighted by Crippen LogP contribution is 2.35. The topological polar surface area (TPSA) is 187 Å². The molecule has 12 nitrogen and oxygen atoms in total. The summed E-state index contributed by atoms with van der Waals surface area (Å²) in [6, 6.07) is 16.0. The number of ether oxygens (including phenoxy) is 2. The van der Waals surface area contributed by atoms with Gasteiger partial charge in [0.15, 0.2) is 23.2 Å². The van der Waals surface area contributed by atoms with Crippen LogP contribution in [0.2, 0.25) is 0 Å². The second kappa shape index (κ2) is 11.9. The Bertz CT molecular complexity index is 1400. The number of imidazole rings is 1. The molecule has 4 aromatic rings. The Hall–Kier alpha value is -3.81. The third-order valence-corrected chi connectivity index (χ3v) is 6.72. The predicted molar refractivity (Wildman–Crippen MR) is 146 cm³/mol. The fourth-order valence-electron chi connectivity index (χ4n) is 4.58. The average Bonchev–Trinajstić information content (AvgIpc) is 3.47. The number of aliphatic hydroxyl groups excluding tert-OH is 3. The first-order chi connectivity index (χ1) is 19.0. The number of nitrogens with zero attached hydrogens (tertiary/aromatic N) is 4. The smallest absolute Gasteiger partial charge is 0.207 e. The van der Waals surface area contributed by atoms with Crippen LogP contribution in [-0.4, -0.2) is 72.9 Å². The van der Waals surface area contributed by atoms with Crippen LogP contribution in [0.5, 0.6) is 5.75 Å². The molecular weight excluding hydrogens is 502 g/mol. The summed E-state index contributed by atoms with van der Waals surface area (Å²) in [5.41, 5.74) is 15.3. The fraction of sp³-hybridized carbons (Fsp3) is 0.370. The van der Waals surface area contributed by atoms with Crippen molar-refractivity contribution in [2.24, 2.45) is 5.73 Å². The molecule has 0 unspecified atom stereocenters. The van der Waals surface area contributed by atoms with Crippen molar-refractivity contribution in [1.82, 2.24) is 19.5 Å². The first kappa shape index (κ1) is 26.8. The normalized spacial score (nSPS) is 20.9. The Morgan fingerprint density at radius 3 is 2.59 bits per heavy atom. The van der Waals surface area contributed by atoms with Gasteiger partial charge in [-0.1, -0.05) is 36.4 Å². The van der Waals surface area contributed by atoms with Gasteiger partial charge >= 0.3 is 0 Å². The Balaban J connectivity index is 1.33. The van der Waals surface area contributed by atoms with Gasteiger partial charge in [0.25, 0.3) is 0 Å². The molecule has 1 aliphatic rings. The van der Waals surface area contributed by atoms with Gasteiger partial charge in [0.1, 0.15) is 30.4 Å². The van der Waals surface area contributed by atoms with Crippen LogP contribution >= 0.6 is 0 Å². The minimum atomic E-state index is -1.31. The van der Waals surface area contributed by atoms with Gasteiger partial charge in [-0.3, -0.25) is 4.57 Å². The third-order valence-electron chi connectivity index (χ3n) is 6.72. The summed E-state index contributed by atoms with van der Waals surface area (Å²) in [5, 5.41) is 33.7. The molecule has 0 amide bonds. The van der Waals surface area contributed by atoms with Crippen molar-refractivity contribution in [3.05, 3.63) is 60.4 Å². The molecule has 5 rings (SSSR count). The molecule has 2 aromatic carbocycles. The van der Waals surface area contributed by atoms with E-state index in [0.717, 1.165) is 35.3 Å². The van der Waals surface area contributed by atoms with E-state index in [1.54, 1.807) is 0 Å². The first-order valence-corrected chi connectivity index (χ1v) is 12.9. The van der Waals surface area contributed by atoms with Crippen molar-refractivity contribution in [2.75, 3.05) is 30.8 Å². The molecule has 1 fully saturated rings. The molecule has 12 heteroatoms. The molecule has 0 saturated carbocycles. The van der Waals surface area contributed by atoms with Crippen LogP contribution in [-0.2, 0) is 11.3 Å². The van der Waals surface area contributed by atoms with Crippen molar-refractivity contribution in [2.45, 2.75) is 43.9 Å². The second-order valence-corrected chi connectivity index (χ2v) is 9.39. The maximum atomic E-state index is 10.6. The van der Waals surface area contributed by atoms with E-state index in [0.29, 0.717) is 36.8 Å². The molecule has 39 heavy (non-hydrogen) atoms. The quantitative estimate of drug-likeness (QED) is 0.152. The number of hydrogen-bond acceptors (Lipinski definition) is 11. The Labute approximate surface area is 225 Å². The summed E-state index contributed by atoms with van der Waals surface area (Å²) < 4.78 is 13.1. The number of benzene rings is 2. The minimum absolute atomic E-state index is 0.170. The van der Waals surface area contributed by atoms with Gasteiger partial charge in [0.2, 0.25) is 5.95 Å². The Morgan fingerprint density at radius 2 is 1.85 bits per heavy atom. The number of aliphatic hydroxyl groups is 3. The lowest BCUT2D eigenvalue weighted by Crippen LogP contribution is -2.33. The van der Waals surface area contributed by atoms with E-state index >= 15 is 0 Å². The van der Waals surface area contributed by atoms with Crippen molar-refractivity contribution in [3.63, 3.8) is 0 Å². The molecule has 3 heterocycles. The number of nitrogens with two attached hydrogens (primary N) is 2. The molecule has 1 saturated heterocycles. The highest BCUT2D eigenvalue weighted by molar-refractivity contribution is 5.84. The average molecular weight is 536 g/mol. The van der Waals surface area contributed by atoms with E-state index < -0.39 is 31.1 Å². The van der Waals surface area contributed by atoms with Crippen LogP contribution in [0.25, 0.3) is 22.3 Å². The van der Waals surface area contributed by atoms with E-state index in [1.165, 1.54) is 10.9 Å². The monoisotopic (exact) mass is 535 g/mol. The molecule has 8 N–H and O–H groups in total. The summed E-state index contributed by atoms with van der Waals surface area (Å²) in [7, 11) is 0. The summed E-state index contributed by atoms with van der Waals surface area (Å²) in [6.45, 7) is 1.25. The summed E-state index contributed by atoms with van der Waals surface area (Å²) in [5.74, 6) is 1.32. The maximum Gasteiger partial charge on any atom is 0.207 e. The molecule has 206 valence electrons. The second-order valence-electron chi connectivity index (χ2n) is 9.39. The summed E-state index contributed by atoms with van der Waals surface area (Å²) in [6.07, 6.45) is -1.42. The first-order valence-electron chi connectivity index (χ1n) is 12.9. The van der Waals surface area contributed by atoms with E-state index in [9.17, 15) is 15.3 Å². The molecule has 0 aliphatic carbocycles. The number of aromatic nitrogens is 4. The zero-order chi connectivity index (χ0) is 27.4. The SMILES string of the molecule is NCCCCOc1cccc(-c2ccc(CNc3nc4c(N)ncnc4n3[C@@H]3O[C@H](CO)[C@@H](O)[C@H]3O)cc2)c1. The van der Waals surface area contributed by atoms with Crippen molar-refractivity contribution in [3.8, 4) is 16.9 Å². The number of anilines is 2. The number of unbranched alkanes of at least 4 members (excludes halogenated alkanes) is 1. The molecule has 0 spiro atoms. The van der Waals surface area contributed by atoms with Crippen LogP contribution in [0.3, 0.4) is 0 Å². The van der Waals surface area contributed by atoms with Crippen molar-refractivity contribution < 1.29 is 24.8 Å². The molecule has 4 atom stereocenters. The largest absolute Gasteiger partial charge is 0.494 e. The van der Waals surface area contributed by atoms with Crippen LogP contribution in [0, 0.1) is 0 Å². The van der Waals surface area contributed by atoms with Crippen molar-refractivity contribution in [1.29, 1.82) is 0 Å². The van der Waals surface area contributed by atoms with Gasteiger partial charge in [-0.25, -0.2) is 15.0 Å². The van der Waals surface area contributed by atoms with E-state index in [1.807, 2.05) is 48.5 Å². The zero-order valence-electron chi connectivity index (χ0n) is 21.3. The van der Waals surface area contributed by atoms with Crippen LogP contribution in [0.4, 0.5) is 11.8 Å². The van der Waals surface area contributed by atoms with Gasteiger partial charge in [0.05, 0.1) is 13.2 Å². The minimum Gasteiger partial charge on any atom is -0.494 e. The number of rotatable bonds is 11. The van der Waals surface area contributed by atoms with Gasteiger partial charge < -0.3 is 41.6 Å². The highest BCUT2D eigenvalue weighted by atomic mass is 16.6. The van der Waals surface area contributed by atoms with Gasteiger partial charge in [0, 0.05) is 6.54 Å². The Morgan fingerprint density at radius 1 is 1.03 bits per heavy atom. The van der Waals surface area contributed by atoms with Crippen LogP contribution in [0.1, 0.15) is 24.6 Å². The predicted octanol–water partition coefficient (Wildman–Crippen LogP) is 1.42. The summed E-state index contributed by atoms with van der Waals surface area (Å²) in [4.78, 5) is 12.8.